The Kier molecular flexibility index (Phi) is 12.8. The number of hydrogen-bond donors (Lipinski definition) is 1. The Bertz CT molecular complexity index is 710. The molecule has 0 spiro atoms. The summed E-state index contributed by atoms with van der Waals surface area (Å²) in [5.74, 6) is 4.96. The van der Waals surface area contributed by atoms with Crippen LogP contribution in [-0.2, 0) is 23.9 Å². The molecule has 0 radical (unpaired) electrons. The summed E-state index contributed by atoms with van der Waals surface area (Å²) in [6.07, 6.45) is 4.67. The lowest BCUT2D eigenvalue weighted by molar-refractivity contribution is -0.159. The van der Waals surface area contributed by atoms with Crippen LogP contribution in [0.2, 0.25) is 0 Å². The van der Waals surface area contributed by atoms with E-state index in [0.29, 0.717) is 31.4 Å². The van der Waals surface area contributed by atoms with Crippen molar-refractivity contribution in [1.82, 2.24) is 0 Å². The maximum absolute atomic E-state index is 12.7. The highest BCUT2D eigenvalue weighted by Crippen LogP contribution is 2.35. The molecule has 6 nitrogen and oxygen atoms in total. The molecule has 2 N–H and O–H groups in total. The van der Waals surface area contributed by atoms with Gasteiger partial charge in [-0.3, -0.25) is 9.59 Å². The van der Waals surface area contributed by atoms with Crippen molar-refractivity contribution in [3.05, 3.63) is 25.0 Å². The van der Waals surface area contributed by atoms with E-state index in [9.17, 15) is 9.59 Å². The Balaban J connectivity index is 5.11. The van der Waals surface area contributed by atoms with Gasteiger partial charge in [0.2, 0.25) is 0 Å². The van der Waals surface area contributed by atoms with Gasteiger partial charge in [0.25, 0.3) is 0 Å². The molecule has 0 saturated carbocycles. The lowest BCUT2D eigenvalue weighted by atomic mass is 9.78. The zero-order valence-corrected chi connectivity index (χ0v) is 24.2. The van der Waals surface area contributed by atoms with E-state index in [1.54, 1.807) is 0 Å². The minimum Gasteiger partial charge on any atom is -0.462 e. The van der Waals surface area contributed by atoms with E-state index in [4.69, 9.17) is 20.2 Å². The van der Waals surface area contributed by atoms with Crippen molar-refractivity contribution in [3.63, 3.8) is 0 Å². The Labute approximate surface area is 215 Å². The summed E-state index contributed by atoms with van der Waals surface area (Å²) >= 11 is 0. The zero-order chi connectivity index (χ0) is 27.7. The van der Waals surface area contributed by atoms with Crippen molar-refractivity contribution in [2.75, 3.05) is 0 Å². The van der Waals surface area contributed by atoms with Gasteiger partial charge in [0.1, 0.15) is 18.0 Å². The highest BCUT2D eigenvalue weighted by atomic mass is 16.6. The van der Waals surface area contributed by atoms with E-state index >= 15 is 0 Å². The summed E-state index contributed by atoms with van der Waals surface area (Å²) in [5, 5.41) is 0. The first-order valence-corrected chi connectivity index (χ1v) is 12.7. The van der Waals surface area contributed by atoms with Crippen LogP contribution < -0.4 is 5.90 Å². The highest BCUT2D eigenvalue weighted by Gasteiger charge is 2.31. The van der Waals surface area contributed by atoms with Crippen LogP contribution in [0.15, 0.2) is 25.0 Å². The van der Waals surface area contributed by atoms with Crippen molar-refractivity contribution in [2.24, 2.45) is 27.6 Å². The number of carbonyl (C=O) groups is 2. The molecule has 2 atom stereocenters. The smallest absolute Gasteiger partial charge is 0.306 e. The summed E-state index contributed by atoms with van der Waals surface area (Å²) in [7, 11) is 0. The molecule has 0 bridgehead atoms. The number of hydrogen-bond acceptors (Lipinski definition) is 6. The molecule has 35 heavy (non-hydrogen) atoms. The van der Waals surface area contributed by atoms with Crippen molar-refractivity contribution < 1.29 is 23.9 Å². The third-order valence-corrected chi connectivity index (χ3v) is 5.74. The Morgan fingerprint density at radius 1 is 0.771 bits per heavy atom. The van der Waals surface area contributed by atoms with Crippen LogP contribution in [0.5, 0.6) is 0 Å². The molecule has 0 aromatic rings. The topological polar surface area (TPSA) is 87.9 Å². The first-order valence-electron chi connectivity index (χ1n) is 12.7. The van der Waals surface area contributed by atoms with Gasteiger partial charge in [0, 0.05) is 6.42 Å². The maximum atomic E-state index is 12.7. The first-order chi connectivity index (χ1) is 15.7. The Hall–Kier alpha value is -1.82. The van der Waals surface area contributed by atoms with E-state index in [0.717, 1.165) is 6.42 Å². The molecular weight excluding hydrogens is 442 g/mol. The van der Waals surface area contributed by atoms with Gasteiger partial charge in [-0.2, -0.15) is 5.90 Å². The number of rotatable bonds is 15. The molecule has 2 unspecified atom stereocenters. The third kappa shape index (κ3) is 17.3. The van der Waals surface area contributed by atoms with Crippen LogP contribution >= 0.6 is 0 Å². The number of esters is 2. The molecule has 0 aliphatic rings. The molecule has 204 valence electrons. The van der Waals surface area contributed by atoms with Gasteiger partial charge in [-0.05, 0) is 47.3 Å². The lowest BCUT2D eigenvalue weighted by Crippen LogP contribution is -2.31. The fraction of sp³-hybridized carbons (Fsp3) is 0.793. The van der Waals surface area contributed by atoms with Crippen LogP contribution in [-0.4, -0.2) is 24.1 Å². The molecule has 0 amide bonds. The predicted octanol–water partition coefficient (Wildman–Crippen LogP) is 7.28. The largest absolute Gasteiger partial charge is 0.462 e. The second-order valence-corrected chi connectivity index (χ2v) is 13.9. The van der Waals surface area contributed by atoms with Gasteiger partial charge >= 0.3 is 11.9 Å². The molecule has 0 aliphatic heterocycles. The van der Waals surface area contributed by atoms with Crippen molar-refractivity contribution in [3.8, 4) is 0 Å². The minimum absolute atomic E-state index is 0.00254. The van der Waals surface area contributed by atoms with E-state index in [-0.39, 0.29) is 58.6 Å². The van der Waals surface area contributed by atoms with E-state index in [1.165, 1.54) is 0 Å². The molecule has 0 saturated heterocycles. The van der Waals surface area contributed by atoms with Crippen molar-refractivity contribution >= 4 is 11.9 Å². The van der Waals surface area contributed by atoms with Gasteiger partial charge in [0.15, 0.2) is 0 Å². The second-order valence-electron chi connectivity index (χ2n) is 13.9. The number of allylic oxidation sites excluding steroid dienone is 2. The van der Waals surface area contributed by atoms with Crippen LogP contribution in [0.4, 0.5) is 0 Å². The summed E-state index contributed by atoms with van der Waals surface area (Å²) < 4.78 is 11.7. The minimum atomic E-state index is -0.389. The van der Waals surface area contributed by atoms with Crippen LogP contribution in [0.3, 0.4) is 0 Å². The molecule has 0 aromatic carbocycles. The molecule has 6 heteroatoms. The van der Waals surface area contributed by atoms with Gasteiger partial charge in [0.05, 0.1) is 12.8 Å². The van der Waals surface area contributed by atoms with Gasteiger partial charge in [-0.25, -0.2) is 0 Å². The average Bonchev–Trinajstić information content (AvgIpc) is 2.62. The fourth-order valence-electron chi connectivity index (χ4n) is 4.30. The van der Waals surface area contributed by atoms with Crippen LogP contribution in [0, 0.1) is 21.7 Å². The summed E-state index contributed by atoms with van der Waals surface area (Å²) in [4.78, 5) is 30.1. The van der Waals surface area contributed by atoms with Crippen LogP contribution in [0.25, 0.3) is 0 Å². The van der Waals surface area contributed by atoms with Gasteiger partial charge in [-0.15, -0.1) is 6.58 Å². The standard InChI is InChI=1S/C29H53NO5/c1-13-28(9,10)19-22(17-26(3,4)5)33-24(31)14-15-25(32)34-23(18-27(6,7)8)20-29(11,12)16-21(2)35-30/h13,22-23H,1-2,14-20,30H2,3-12H3. The quantitative estimate of drug-likeness (QED) is 0.111. The fourth-order valence-corrected chi connectivity index (χ4v) is 4.30. The van der Waals surface area contributed by atoms with Gasteiger partial charge < -0.3 is 14.3 Å². The molecule has 0 fully saturated rings. The molecule has 0 heterocycles. The Morgan fingerprint density at radius 3 is 1.51 bits per heavy atom. The van der Waals surface area contributed by atoms with Crippen molar-refractivity contribution in [2.45, 2.75) is 126 Å². The van der Waals surface area contributed by atoms with Crippen LogP contribution in [0.1, 0.15) is 114 Å². The third-order valence-electron chi connectivity index (χ3n) is 5.74. The second kappa shape index (κ2) is 13.5. The van der Waals surface area contributed by atoms with E-state index < -0.39 is 0 Å². The van der Waals surface area contributed by atoms with Crippen molar-refractivity contribution in [1.29, 1.82) is 0 Å². The zero-order valence-electron chi connectivity index (χ0n) is 24.2. The predicted molar refractivity (Wildman–Crippen MR) is 143 cm³/mol. The molecule has 0 aliphatic carbocycles. The van der Waals surface area contributed by atoms with Gasteiger partial charge in [-0.1, -0.05) is 81.9 Å². The molecular formula is C29H53NO5. The van der Waals surface area contributed by atoms with E-state index in [2.05, 4.69) is 82.4 Å². The summed E-state index contributed by atoms with van der Waals surface area (Å²) in [6.45, 7) is 28.7. The average molecular weight is 496 g/mol. The molecule has 0 rings (SSSR count). The highest BCUT2D eigenvalue weighted by molar-refractivity contribution is 5.77. The Morgan fingerprint density at radius 2 is 1.17 bits per heavy atom. The SMILES string of the molecule is C=CC(C)(C)CC(CC(C)(C)C)OC(=O)CCC(=O)OC(CC(C)(C)C)CC(C)(C)CC(=C)ON. The maximum Gasteiger partial charge on any atom is 0.306 e. The lowest BCUT2D eigenvalue weighted by Gasteiger charge is -2.33. The first kappa shape index (κ1) is 33.2. The summed E-state index contributed by atoms with van der Waals surface area (Å²) in [5.41, 5.74) is -0.389. The van der Waals surface area contributed by atoms with E-state index in [1.807, 2.05) is 6.08 Å². The molecule has 0 aromatic heterocycles. The monoisotopic (exact) mass is 495 g/mol. The summed E-state index contributed by atoms with van der Waals surface area (Å²) in [6, 6.07) is 0. The number of nitrogens with two attached hydrogens (primary N) is 1. The number of ether oxygens (including phenoxy) is 2. The normalized spacial score (nSPS) is 14.6. The number of carbonyl (C=O) groups excluding carboxylic acids is 2.